The van der Waals surface area contributed by atoms with Crippen LogP contribution in [-0.4, -0.2) is 25.7 Å². The fraction of sp³-hybridized carbons (Fsp3) is 0.136. The van der Waals surface area contributed by atoms with Crippen molar-refractivity contribution in [1.82, 2.24) is 25.1 Å². The molecule has 0 aliphatic carbocycles. The number of carbonyl (C=O) groups is 1. The lowest BCUT2D eigenvalue weighted by Crippen LogP contribution is -2.30. The van der Waals surface area contributed by atoms with Gasteiger partial charge in [-0.25, -0.2) is 9.97 Å². The summed E-state index contributed by atoms with van der Waals surface area (Å²) in [7, 11) is 0. The Kier molecular flexibility index (Phi) is 5.03. The van der Waals surface area contributed by atoms with Crippen LogP contribution >= 0.6 is 23.2 Å². The van der Waals surface area contributed by atoms with Crippen molar-refractivity contribution < 1.29 is 4.79 Å². The molecule has 0 bridgehead atoms. The van der Waals surface area contributed by atoms with E-state index in [-0.39, 0.29) is 5.91 Å². The Hall–Kier alpha value is -3.49. The molecule has 0 spiro atoms. The van der Waals surface area contributed by atoms with Crippen LogP contribution in [0.1, 0.15) is 16.8 Å². The Balaban J connectivity index is 1.53. The van der Waals surface area contributed by atoms with Crippen LogP contribution in [0.15, 0.2) is 47.4 Å². The molecule has 10 heteroatoms. The van der Waals surface area contributed by atoms with Gasteiger partial charge in [-0.05, 0) is 42.3 Å². The zero-order valence-electron chi connectivity index (χ0n) is 16.8. The number of anilines is 2. The molecule has 0 radical (unpaired) electrons. The first-order valence-corrected chi connectivity index (χ1v) is 10.5. The van der Waals surface area contributed by atoms with Crippen molar-refractivity contribution in [2.75, 3.05) is 5.32 Å². The highest BCUT2D eigenvalue weighted by Crippen LogP contribution is 2.28. The number of hydrogen-bond donors (Lipinski definition) is 2. The number of aromatic nitrogens is 4. The van der Waals surface area contributed by atoms with E-state index in [1.807, 2.05) is 18.2 Å². The lowest BCUT2D eigenvalue weighted by Gasteiger charge is -2.18. The minimum absolute atomic E-state index is 0.0165. The summed E-state index contributed by atoms with van der Waals surface area (Å²) in [6.07, 6.45) is 1.83. The summed E-state index contributed by atoms with van der Waals surface area (Å²) in [6.45, 7) is 2.23. The normalized spacial score (nSPS) is 13.0. The molecule has 1 aliphatic heterocycles. The largest absolute Gasteiger partial charge is 0.352 e. The molecule has 5 rings (SSSR count). The number of benzene rings is 2. The zero-order chi connectivity index (χ0) is 22.4. The third-order valence-electron chi connectivity index (χ3n) is 5.24. The topological polar surface area (TPSA) is 102 Å². The Morgan fingerprint density at radius 3 is 2.66 bits per heavy atom. The number of amides is 1. The molecule has 0 fully saturated rings. The van der Waals surface area contributed by atoms with Crippen LogP contribution in [0.2, 0.25) is 10.0 Å². The van der Waals surface area contributed by atoms with E-state index in [4.69, 9.17) is 23.2 Å². The Bertz CT molecular complexity index is 1450. The molecule has 0 atom stereocenters. The highest BCUT2D eigenvalue weighted by atomic mass is 35.5. The van der Waals surface area contributed by atoms with Gasteiger partial charge in [0.2, 0.25) is 11.9 Å². The summed E-state index contributed by atoms with van der Waals surface area (Å²) >= 11 is 12.5. The summed E-state index contributed by atoms with van der Waals surface area (Å²) in [5, 5.41) is 11.3. The van der Waals surface area contributed by atoms with Gasteiger partial charge in [-0.3, -0.25) is 9.59 Å². The molecule has 2 aromatic heterocycles. The number of para-hydroxylation sites is 1. The van der Waals surface area contributed by atoms with Crippen molar-refractivity contribution in [3.8, 4) is 5.69 Å². The standard InChI is InChI=1S/C22H16Cl2N6O2/c1-11-19-15(21(32)30(29-11)20-16(23)3-2-4-17(20)24)10-26-22(28-19)27-14-6-5-12-8-18(31)25-9-13(12)7-14/h2-7,10H,8-9H2,1H3,(H,25,31)(H,26,27,28). The molecule has 4 aromatic rings. The van der Waals surface area contributed by atoms with Crippen molar-refractivity contribution in [3.63, 3.8) is 0 Å². The first-order chi connectivity index (χ1) is 15.4. The number of hydrogen-bond acceptors (Lipinski definition) is 6. The average Bonchev–Trinajstić information content (AvgIpc) is 2.77. The number of nitrogens with zero attached hydrogens (tertiary/aromatic N) is 4. The molecule has 0 saturated carbocycles. The molecule has 0 saturated heterocycles. The minimum Gasteiger partial charge on any atom is -0.352 e. The summed E-state index contributed by atoms with van der Waals surface area (Å²) in [5.41, 5.74) is 3.66. The van der Waals surface area contributed by atoms with Crippen molar-refractivity contribution in [2.45, 2.75) is 19.9 Å². The maximum Gasteiger partial charge on any atom is 0.282 e. The second kappa shape index (κ2) is 7.89. The van der Waals surface area contributed by atoms with Crippen LogP contribution in [0.5, 0.6) is 0 Å². The maximum absolute atomic E-state index is 13.1. The first kappa shape index (κ1) is 20.4. The van der Waals surface area contributed by atoms with Gasteiger partial charge in [-0.1, -0.05) is 35.3 Å². The summed E-state index contributed by atoms with van der Waals surface area (Å²) in [6, 6.07) is 10.7. The fourth-order valence-electron chi connectivity index (χ4n) is 3.67. The lowest BCUT2D eigenvalue weighted by atomic mass is 10.00. The smallest absolute Gasteiger partial charge is 0.282 e. The summed E-state index contributed by atoms with van der Waals surface area (Å²) in [4.78, 5) is 33.4. The molecular formula is C22H16Cl2N6O2. The summed E-state index contributed by atoms with van der Waals surface area (Å²) in [5.74, 6) is 0.345. The third kappa shape index (κ3) is 3.57. The number of carbonyl (C=O) groups excluding carboxylic acids is 1. The average molecular weight is 467 g/mol. The van der Waals surface area contributed by atoms with Crippen molar-refractivity contribution in [1.29, 1.82) is 0 Å². The highest BCUT2D eigenvalue weighted by molar-refractivity contribution is 6.37. The van der Waals surface area contributed by atoms with Crippen LogP contribution in [0.4, 0.5) is 11.6 Å². The second-order valence-corrected chi connectivity index (χ2v) is 8.20. The third-order valence-corrected chi connectivity index (χ3v) is 5.85. The molecule has 0 unspecified atom stereocenters. The number of nitrogens with one attached hydrogen (secondary N) is 2. The van der Waals surface area contributed by atoms with Crippen molar-refractivity contribution in [2.24, 2.45) is 0 Å². The number of fused-ring (bicyclic) bond motifs is 2. The van der Waals surface area contributed by atoms with Gasteiger partial charge < -0.3 is 10.6 Å². The van der Waals surface area contributed by atoms with Crippen molar-refractivity contribution in [3.05, 3.63) is 79.8 Å². The molecule has 3 heterocycles. The van der Waals surface area contributed by atoms with Crippen molar-refractivity contribution >= 4 is 51.6 Å². The van der Waals surface area contributed by atoms with E-state index >= 15 is 0 Å². The Morgan fingerprint density at radius 1 is 1.09 bits per heavy atom. The van der Waals surface area contributed by atoms with Gasteiger partial charge in [-0.15, -0.1) is 0 Å². The minimum atomic E-state index is -0.420. The van der Waals surface area contributed by atoms with Gasteiger partial charge in [0, 0.05) is 18.4 Å². The predicted molar refractivity (Wildman–Crippen MR) is 123 cm³/mol. The van der Waals surface area contributed by atoms with Crippen LogP contribution in [0.3, 0.4) is 0 Å². The predicted octanol–water partition coefficient (Wildman–Crippen LogP) is 3.71. The first-order valence-electron chi connectivity index (χ1n) is 9.77. The van der Waals surface area contributed by atoms with E-state index in [9.17, 15) is 9.59 Å². The lowest BCUT2D eigenvalue weighted by molar-refractivity contribution is -0.121. The maximum atomic E-state index is 13.1. The van der Waals surface area contributed by atoms with E-state index in [1.165, 1.54) is 10.9 Å². The fourth-order valence-corrected chi connectivity index (χ4v) is 4.23. The van der Waals surface area contributed by atoms with Gasteiger partial charge in [-0.2, -0.15) is 9.78 Å². The van der Waals surface area contributed by atoms with E-state index in [0.717, 1.165) is 16.8 Å². The molecule has 160 valence electrons. The van der Waals surface area contributed by atoms with Gasteiger partial charge >= 0.3 is 0 Å². The molecule has 2 aromatic carbocycles. The Labute approximate surface area is 192 Å². The zero-order valence-corrected chi connectivity index (χ0v) is 18.3. The molecule has 8 nitrogen and oxygen atoms in total. The summed E-state index contributed by atoms with van der Waals surface area (Å²) < 4.78 is 1.18. The van der Waals surface area contributed by atoms with Gasteiger partial charge in [0.1, 0.15) is 11.2 Å². The second-order valence-electron chi connectivity index (χ2n) is 7.39. The molecular weight excluding hydrogens is 451 g/mol. The quantitative estimate of drug-likeness (QED) is 0.477. The van der Waals surface area contributed by atoms with E-state index in [0.29, 0.717) is 51.2 Å². The number of rotatable bonds is 3. The Morgan fingerprint density at radius 2 is 1.88 bits per heavy atom. The van der Waals surface area contributed by atoms with E-state index in [1.54, 1.807) is 25.1 Å². The molecule has 1 aliphatic rings. The number of halogens is 2. The van der Waals surface area contributed by atoms with Crippen LogP contribution in [0, 0.1) is 6.92 Å². The number of aryl methyl sites for hydroxylation is 1. The molecule has 1 amide bonds. The van der Waals surface area contributed by atoms with Gasteiger partial charge in [0.05, 0.1) is 27.5 Å². The molecule has 2 N–H and O–H groups in total. The SMILES string of the molecule is Cc1nn(-c2c(Cl)cccc2Cl)c(=O)c2cnc(Nc3ccc4c(c3)CNC(=O)C4)nc12. The van der Waals surface area contributed by atoms with Gasteiger partial charge in [0.25, 0.3) is 5.56 Å². The molecule has 32 heavy (non-hydrogen) atoms. The van der Waals surface area contributed by atoms with E-state index < -0.39 is 5.56 Å². The van der Waals surface area contributed by atoms with Crippen LogP contribution < -0.4 is 16.2 Å². The van der Waals surface area contributed by atoms with E-state index in [2.05, 4.69) is 25.7 Å². The van der Waals surface area contributed by atoms with Crippen LogP contribution in [-0.2, 0) is 17.8 Å². The van der Waals surface area contributed by atoms with Gasteiger partial charge in [0.15, 0.2) is 0 Å². The van der Waals surface area contributed by atoms with Crippen LogP contribution in [0.25, 0.3) is 16.6 Å². The monoisotopic (exact) mass is 466 g/mol. The highest BCUT2D eigenvalue weighted by Gasteiger charge is 2.17.